The summed E-state index contributed by atoms with van der Waals surface area (Å²) in [6, 6.07) is 12.8. The first kappa shape index (κ1) is 23.7. The van der Waals surface area contributed by atoms with Gasteiger partial charge in [0.25, 0.3) is 15.9 Å². The summed E-state index contributed by atoms with van der Waals surface area (Å²) in [7, 11) is 0.246. The fourth-order valence-corrected chi connectivity index (χ4v) is 4.16. The first-order valence-electron chi connectivity index (χ1n) is 9.94. The lowest BCUT2D eigenvalue weighted by Gasteiger charge is -2.28. The van der Waals surface area contributed by atoms with Crippen LogP contribution in [0, 0.1) is 5.92 Å². The molecule has 1 unspecified atom stereocenters. The van der Waals surface area contributed by atoms with Crippen LogP contribution in [0.25, 0.3) is 0 Å². The highest BCUT2D eigenvalue weighted by Gasteiger charge is 2.18. The van der Waals surface area contributed by atoms with Gasteiger partial charge in [0.1, 0.15) is 5.75 Å². The zero-order chi connectivity index (χ0) is 22.3. The number of hydrogen-bond acceptors (Lipinski definition) is 5. The van der Waals surface area contributed by atoms with E-state index in [9.17, 15) is 13.2 Å². The largest absolute Gasteiger partial charge is 0.494 e. The lowest BCUT2D eigenvalue weighted by Crippen LogP contribution is -2.43. The number of ether oxygens (including phenoxy) is 1. The van der Waals surface area contributed by atoms with Gasteiger partial charge in [-0.25, -0.2) is 8.42 Å². The van der Waals surface area contributed by atoms with Crippen LogP contribution in [-0.4, -0.2) is 52.5 Å². The number of sulfonamides is 1. The quantitative estimate of drug-likeness (QED) is 0.601. The van der Waals surface area contributed by atoms with Gasteiger partial charge in [-0.2, -0.15) is 0 Å². The number of amides is 1. The van der Waals surface area contributed by atoms with Crippen molar-refractivity contribution in [3.63, 3.8) is 0 Å². The molecule has 1 atom stereocenters. The van der Waals surface area contributed by atoms with E-state index >= 15 is 0 Å². The molecule has 0 saturated carbocycles. The van der Waals surface area contributed by atoms with Crippen molar-refractivity contribution in [2.75, 3.05) is 32.0 Å². The van der Waals surface area contributed by atoms with E-state index in [-0.39, 0.29) is 16.8 Å². The number of nitrogens with zero attached hydrogens (tertiary/aromatic N) is 1. The number of rotatable bonds is 10. The molecule has 2 aromatic rings. The lowest BCUT2D eigenvalue weighted by atomic mass is 10.0. The Hall–Kier alpha value is -2.58. The molecule has 0 aromatic heterocycles. The second-order valence-corrected chi connectivity index (χ2v) is 9.25. The van der Waals surface area contributed by atoms with E-state index in [1.54, 1.807) is 36.4 Å². The van der Waals surface area contributed by atoms with Gasteiger partial charge in [0.2, 0.25) is 0 Å². The molecule has 0 saturated heterocycles. The Morgan fingerprint density at radius 1 is 1.03 bits per heavy atom. The van der Waals surface area contributed by atoms with Crippen LogP contribution in [0.15, 0.2) is 53.4 Å². The molecule has 0 heterocycles. The summed E-state index contributed by atoms with van der Waals surface area (Å²) < 4.78 is 33.0. The van der Waals surface area contributed by atoms with E-state index in [2.05, 4.69) is 28.8 Å². The van der Waals surface area contributed by atoms with Crippen LogP contribution in [0.2, 0.25) is 0 Å². The minimum Gasteiger partial charge on any atom is -0.494 e. The second-order valence-electron chi connectivity index (χ2n) is 7.57. The van der Waals surface area contributed by atoms with Crippen molar-refractivity contribution in [2.45, 2.75) is 31.7 Å². The van der Waals surface area contributed by atoms with Crippen molar-refractivity contribution in [1.82, 2.24) is 10.2 Å². The molecule has 164 valence electrons. The average Bonchev–Trinajstić information content (AvgIpc) is 2.68. The van der Waals surface area contributed by atoms with Gasteiger partial charge in [0.05, 0.1) is 11.5 Å². The molecule has 0 aliphatic heterocycles. The number of anilines is 1. The summed E-state index contributed by atoms with van der Waals surface area (Å²) >= 11 is 0. The van der Waals surface area contributed by atoms with Crippen molar-refractivity contribution in [2.24, 2.45) is 5.92 Å². The van der Waals surface area contributed by atoms with Crippen LogP contribution in [0.1, 0.15) is 31.1 Å². The van der Waals surface area contributed by atoms with Crippen LogP contribution in [0.3, 0.4) is 0 Å². The van der Waals surface area contributed by atoms with E-state index in [0.29, 0.717) is 36.1 Å². The molecule has 0 fully saturated rings. The van der Waals surface area contributed by atoms with Crippen molar-refractivity contribution in [1.29, 1.82) is 0 Å². The smallest absolute Gasteiger partial charge is 0.261 e. The normalized spacial score (nSPS) is 12.6. The van der Waals surface area contributed by atoms with Gasteiger partial charge in [-0.15, -0.1) is 0 Å². The van der Waals surface area contributed by atoms with Crippen LogP contribution >= 0.6 is 0 Å². The topological polar surface area (TPSA) is 87.7 Å². The van der Waals surface area contributed by atoms with Gasteiger partial charge in [0.15, 0.2) is 0 Å². The van der Waals surface area contributed by atoms with Crippen molar-refractivity contribution < 1.29 is 17.9 Å². The number of benzene rings is 2. The Balaban J connectivity index is 2.01. The van der Waals surface area contributed by atoms with E-state index in [0.717, 1.165) is 0 Å². The highest BCUT2D eigenvalue weighted by molar-refractivity contribution is 7.92. The molecule has 0 aliphatic rings. The maximum absolute atomic E-state index is 12.6. The maximum atomic E-state index is 12.6. The van der Waals surface area contributed by atoms with Crippen LogP contribution < -0.4 is 14.8 Å². The predicted octanol–water partition coefficient (Wildman–Crippen LogP) is 3.20. The van der Waals surface area contributed by atoms with Gasteiger partial charge >= 0.3 is 0 Å². The third-order valence-electron chi connectivity index (χ3n) is 4.75. The number of hydrogen-bond donors (Lipinski definition) is 2. The summed E-state index contributed by atoms with van der Waals surface area (Å²) in [6.45, 7) is 7.14. The minimum atomic E-state index is -3.73. The van der Waals surface area contributed by atoms with Gasteiger partial charge in [-0.1, -0.05) is 13.8 Å². The molecular weight excluding hydrogens is 402 g/mol. The molecule has 1 amide bonds. The molecule has 0 spiro atoms. The first-order valence-corrected chi connectivity index (χ1v) is 11.4. The zero-order valence-corrected chi connectivity index (χ0v) is 19.0. The highest BCUT2D eigenvalue weighted by Crippen LogP contribution is 2.20. The molecule has 0 aliphatic carbocycles. The molecule has 2 aromatic carbocycles. The zero-order valence-electron chi connectivity index (χ0n) is 18.2. The first-order chi connectivity index (χ1) is 14.1. The molecule has 0 radical (unpaired) electrons. The van der Waals surface area contributed by atoms with Crippen molar-refractivity contribution in [3.8, 4) is 5.75 Å². The molecule has 8 heteroatoms. The van der Waals surface area contributed by atoms with Crippen LogP contribution in [0.5, 0.6) is 5.75 Å². The third kappa shape index (κ3) is 6.47. The number of carbonyl (C=O) groups is 1. The third-order valence-corrected chi connectivity index (χ3v) is 6.15. The Kier molecular flexibility index (Phi) is 8.25. The lowest BCUT2D eigenvalue weighted by molar-refractivity contribution is 0.0934. The summed E-state index contributed by atoms with van der Waals surface area (Å²) in [5, 5.41) is 2.94. The summed E-state index contributed by atoms with van der Waals surface area (Å²) in [4.78, 5) is 14.6. The van der Waals surface area contributed by atoms with Crippen molar-refractivity contribution >= 4 is 21.6 Å². The fraction of sp³-hybridized carbons (Fsp3) is 0.409. The summed E-state index contributed by atoms with van der Waals surface area (Å²) in [5.41, 5.74) is 0.856. The van der Waals surface area contributed by atoms with E-state index in [1.807, 2.05) is 21.0 Å². The Morgan fingerprint density at radius 2 is 1.63 bits per heavy atom. The average molecular weight is 434 g/mol. The Bertz CT molecular complexity index is 916. The molecule has 0 bridgehead atoms. The van der Waals surface area contributed by atoms with Gasteiger partial charge in [-0.05, 0) is 75.5 Å². The van der Waals surface area contributed by atoms with E-state index in [1.165, 1.54) is 12.1 Å². The van der Waals surface area contributed by atoms with Gasteiger partial charge in [0, 0.05) is 23.8 Å². The molecule has 7 nitrogen and oxygen atoms in total. The second kappa shape index (κ2) is 10.4. The number of carbonyl (C=O) groups excluding carboxylic acids is 1. The standard InChI is InChI=1S/C22H31N3O4S/c1-6-29-19-11-13-20(14-12-19)30(27,28)24-18-9-7-17(8-10-18)22(26)23-15-21(16(2)3)25(4)5/h7-14,16,21,24H,6,15H2,1-5H3,(H,23,26). The van der Waals surface area contributed by atoms with Gasteiger partial charge in [-0.3, -0.25) is 9.52 Å². The molecular formula is C22H31N3O4S. The van der Waals surface area contributed by atoms with E-state index < -0.39 is 10.0 Å². The molecule has 2 N–H and O–H groups in total. The SMILES string of the molecule is CCOc1ccc(S(=O)(=O)Nc2ccc(C(=O)NCC(C(C)C)N(C)C)cc2)cc1. The predicted molar refractivity (Wildman–Crippen MR) is 120 cm³/mol. The molecule has 2 rings (SSSR count). The monoisotopic (exact) mass is 433 g/mol. The fourth-order valence-electron chi connectivity index (χ4n) is 3.10. The van der Waals surface area contributed by atoms with E-state index in [4.69, 9.17) is 4.74 Å². The van der Waals surface area contributed by atoms with Gasteiger partial charge < -0.3 is 15.0 Å². The Labute approximate surface area is 179 Å². The van der Waals surface area contributed by atoms with Crippen LogP contribution in [0.4, 0.5) is 5.69 Å². The summed E-state index contributed by atoms with van der Waals surface area (Å²) in [5.74, 6) is 0.823. The summed E-state index contributed by atoms with van der Waals surface area (Å²) in [6.07, 6.45) is 0. The molecule has 30 heavy (non-hydrogen) atoms. The number of likely N-dealkylation sites (N-methyl/N-ethyl adjacent to an activating group) is 1. The Morgan fingerprint density at radius 3 is 2.13 bits per heavy atom. The van der Waals surface area contributed by atoms with Crippen molar-refractivity contribution in [3.05, 3.63) is 54.1 Å². The number of nitrogens with one attached hydrogen (secondary N) is 2. The maximum Gasteiger partial charge on any atom is 0.261 e. The van der Waals surface area contributed by atoms with Crippen LogP contribution in [-0.2, 0) is 10.0 Å². The highest BCUT2D eigenvalue weighted by atomic mass is 32.2. The minimum absolute atomic E-state index is 0.135.